The Hall–Kier alpha value is -1.81. The van der Waals surface area contributed by atoms with Gasteiger partial charge in [-0.2, -0.15) is 0 Å². The molecule has 0 amide bonds. The Morgan fingerprint density at radius 2 is 1.86 bits per heavy atom. The van der Waals surface area contributed by atoms with E-state index in [2.05, 4.69) is 25.9 Å². The second kappa shape index (κ2) is 5.90. The second-order valence-electron chi connectivity index (χ2n) is 3.75. The molecule has 0 spiro atoms. The lowest BCUT2D eigenvalue weighted by Crippen LogP contribution is -2.17. The molecular weight excluding hydrogens is 372 g/mol. The van der Waals surface area contributed by atoms with Crippen molar-refractivity contribution in [3.8, 4) is 5.88 Å². The number of aromatic nitrogens is 2. The zero-order valence-electron chi connectivity index (χ0n) is 10.5. The summed E-state index contributed by atoms with van der Waals surface area (Å²) in [6.07, 6.45) is 2.59. The van der Waals surface area contributed by atoms with Crippen LogP contribution < -0.4 is 9.46 Å². The molecule has 2 rings (SSSR count). The maximum absolute atomic E-state index is 13.5. The first-order valence-electron chi connectivity index (χ1n) is 5.36. The number of hydrogen-bond acceptors (Lipinski definition) is 5. The molecule has 0 saturated heterocycles. The molecule has 2 aromatic rings. The number of sulfonamides is 1. The summed E-state index contributed by atoms with van der Waals surface area (Å²) in [5.41, 5.74) is -0.0671. The zero-order chi connectivity index (χ0) is 15.6. The lowest BCUT2D eigenvalue weighted by molar-refractivity contribution is 0.400. The molecule has 0 aromatic carbocycles. The molecule has 0 aliphatic carbocycles. The number of ether oxygens (including phenoxy) is 1. The molecule has 21 heavy (non-hydrogen) atoms. The van der Waals surface area contributed by atoms with Gasteiger partial charge in [0.2, 0.25) is 5.88 Å². The highest BCUT2D eigenvalue weighted by atomic mass is 79.9. The molecule has 6 nitrogen and oxygen atoms in total. The largest absolute Gasteiger partial charge is 0.479 e. The van der Waals surface area contributed by atoms with E-state index in [1.165, 1.54) is 19.4 Å². The van der Waals surface area contributed by atoms with Crippen LogP contribution in [0, 0.1) is 11.6 Å². The monoisotopic (exact) mass is 379 g/mol. The minimum absolute atomic E-state index is 0.0448. The van der Waals surface area contributed by atoms with Crippen LogP contribution in [0.1, 0.15) is 0 Å². The van der Waals surface area contributed by atoms with Gasteiger partial charge in [-0.1, -0.05) is 0 Å². The Kier molecular flexibility index (Phi) is 4.37. The minimum Gasteiger partial charge on any atom is -0.479 e. The van der Waals surface area contributed by atoms with Gasteiger partial charge < -0.3 is 4.74 Å². The molecule has 0 bridgehead atoms. The van der Waals surface area contributed by atoms with E-state index in [1.807, 2.05) is 4.72 Å². The Balaban J connectivity index is 2.50. The van der Waals surface area contributed by atoms with Crippen LogP contribution in [0.4, 0.5) is 14.5 Å². The summed E-state index contributed by atoms with van der Waals surface area (Å²) in [5.74, 6) is -2.65. The van der Waals surface area contributed by atoms with E-state index in [9.17, 15) is 17.2 Å². The molecule has 0 aliphatic heterocycles. The van der Waals surface area contributed by atoms with Gasteiger partial charge in [0.25, 0.3) is 10.0 Å². The quantitative estimate of drug-likeness (QED) is 0.881. The van der Waals surface area contributed by atoms with Gasteiger partial charge in [-0.15, -0.1) is 0 Å². The van der Waals surface area contributed by atoms with E-state index in [0.717, 1.165) is 0 Å². The van der Waals surface area contributed by atoms with Crippen molar-refractivity contribution in [2.45, 2.75) is 4.90 Å². The SMILES string of the molecule is COc1ncc(Br)cc1NS(=O)(=O)c1c(F)cncc1F. The Morgan fingerprint density at radius 1 is 1.24 bits per heavy atom. The minimum atomic E-state index is -4.50. The van der Waals surface area contributed by atoms with E-state index in [1.54, 1.807) is 0 Å². The molecule has 0 saturated carbocycles. The fourth-order valence-corrected chi connectivity index (χ4v) is 3.00. The molecule has 0 radical (unpaired) electrons. The van der Waals surface area contributed by atoms with Gasteiger partial charge in [-0.3, -0.25) is 9.71 Å². The van der Waals surface area contributed by atoms with Crippen molar-refractivity contribution < 1.29 is 21.9 Å². The van der Waals surface area contributed by atoms with Gasteiger partial charge in [0.15, 0.2) is 16.5 Å². The molecule has 1 N–H and O–H groups in total. The zero-order valence-corrected chi connectivity index (χ0v) is 12.9. The summed E-state index contributed by atoms with van der Waals surface area (Å²) in [4.78, 5) is 5.92. The molecule has 0 atom stereocenters. The lowest BCUT2D eigenvalue weighted by atomic mass is 10.4. The predicted molar refractivity (Wildman–Crippen MR) is 73.5 cm³/mol. The van der Waals surface area contributed by atoms with Crippen LogP contribution in [0.25, 0.3) is 0 Å². The summed E-state index contributed by atoms with van der Waals surface area (Å²) in [7, 11) is -3.23. The first-order valence-corrected chi connectivity index (χ1v) is 7.64. The van der Waals surface area contributed by atoms with Crippen molar-refractivity contribution in [1.29, 1.82) is 0 Å². The summed E-state index contributed by atoms with van der Waals surface area (Å²) < 4.78 is 58.6. The average molecular weight is 380 g/mol. The molecule has 112 valence electrons. The Morgan fingerprint density at radius 3 is 2.43 bits per heavy atom. The molecule has 0 unspecified atom stereocenters. The number of nitrogens with zero attached hydrogens (tertiary/aromatic N) is 2. The first kappa shape index (κ1) is 15.6. The van der Waals surface area contributed by atoms with Gasteiger partial charge in [-0.25, -0.2) is 22.2 Å². The van der Waals surface area contributed by atoms with Gasteiger partial charge in [0, 0.05) is 10.7 Å². The molecule has 10 heteroatoms. The highest BCUT2D eigenvalue weighted by Crippen LogP contribution is 2.28. The Labute approximate surface area is 127 Å². The third-order valence-corrected chi connectivity index (χ3v) is 4.18. The molecule has 2 aromatic heterocycles. The van der Waals surface area contributed by atoms with Gasteiger partial charge in [0.1, 0.15) is 5.69 Å². The van der Waals surface area contributed by atoms with E-state index in [-0.39, 0.29) is 11.6 Å². The van der Waals surface area contributed by atoms with Crippen LogP contribution in [0.2, 0.25) is 0 Å². The van der Waals surface area contributed by atoms with E-state index >= 15 is 0 Å². The number of pyridine rings is 2. The fourth-order valence-electron chi connectivity index (χ4n) is 1.51. The standard InChI is InChI=1S/C11H8BrF2N3O3S/c1-20-11-9(2-6(12)3-16-11)17-21(18,19)10-7(13)4-15-5-8(10)14/h2-5,17H,1H3. The number of hydrogen-bond donors (Lipinski definition) is 1. The topological polar surface area (TPSA) is 81.2 Å². The van der Waals surface area contributed by atoms with E-state index in [4.69, 9.17) is 4.74 Å². The number of halogens is 3. The normalized spacial score (nSPS) is 11.2. The summed E-state index contributed by atoms with van der Waals surface area (Å²) in [6.45, 7) is 0. The molecule has 0 fully saturated rings. The van der Waals surface area contributed by atoms with Crippen LogP contribution >= 0.6 is 15.9 Å². The van der Waals surface area contributed by atoms with Crippen LogP contribution in [-0.2, 0) is 10.0 Å². The number of methoxy groups -OCH3 is 1. The summed E-state index contributed by atoms with van der Waals surface area (Å²) >= 11 is 3.11. The van der Waals surface area contributed by atoms with Crippen molar-refractivity contribution in [1.82, 2.24) is 9.97 Å². The lowest BCUT2D eigenvalue weighted by Gasteiger charge is -2.12. The van der Waals surface area contributed by atoms with Crippen molar-refractivity contribution in [3.05, 3.63) is 40.8 Å². The van der Waals surface area contributed by atoms with Crippen LogP contribution in [-0.4, -0.2) is 25.5 Å². The number of anilines is 1. The van der Waals surface area contributed by atoms with Crippen molar-refractivity contribution in [3.63, 3.8) is 0 Å². The second-order valence-corrected chi connectivity index (χ2v) is 6.28. The first-order chi connectivity index (χ1) is 9.85. The van der Waals surface area contributed by atoms with Crippen molar-refractivity contribution >= 4 is 31.6 Å². The van der Waals surface area contributed by atoms with Crippen LogP contribution in [0.15, 0.2) is 34.0 Å². The summed E-state index contributed by atoms with van der Waals surface area (Å²) in [5, 5.41) is 0. The smallest absolute Gasteiger partial charge is 0.268 e. The van der Waals surface area contributed by atoms with E-state index < -0.39 is 26.6 Å². The van der Waals surface area contributed by atoms with Gasteiger partial charge >= 0.3 is 0 Å². The van der Waals surface area contributed by atoms with Crippen LogP contribution in [0.5, 0.6) is 5.88 Å². The maximum Gasteiger partial charge on any atom is 0.268 e. The average Bonchev–Trinajstić information content (AvgIpc) is 2.37. The molecule has 2 heterocycles. The molecule has 0 aliphatic rings. The van der Waals surface area contributed by atoms with Gasteiger partial charge in [0.05, 0.1) is 19.5 Å². The highest BCUT2D eigenvalue weighted by Gasteiger charge is 2.25. The van der Waals surface area contributed by atoms with Crippen LogP contribution in [0.3, 0.4) is 0 Å². The van der Waals surface area contributed by atoms with Crippen molar-refractivity contribution in [2.75, 3.05) is 11.8 Å². The van der Waals surface area contributed by atoms with E-state index in [0.29, 0.717) is 16.9 Å². The predicted octanol–water partition coefficient (Wildman–Crippen LogP) is 2.33. The van der Waals surface area contributed by atoms with Gasteiger partial charge in [-0.05, 0) is 22.0 Å². The van der Waals surface area contributed by atoms with Crippen molar-refractivity contribution in [2.24, 2.45) is 0 Å². The number of nitrogens with one attached hydrogen (secondary N) is 1. The highest BCUT2D eigenvalue weighted by molar-refractivity contribution is 9.10. The maximum atomic E-state index is 13.5. The summed E-state index contributed by atoms with van der Waals surface area (Å²) in [6, 6.07) is 1.35. The third-order valence-electron chi connectivity index (χ3n) is 2.33. The third kappa shape index (κ3) is 3.27. The fraction of sp³-hybridized carbons (Fsp3) is 0.0909. The molecular formula is C11H8BrF2N3O3S. The Bertz CT molecular complexity index is 766. The number of rotatable bonds is 4.